The van der Waals surface area contributed by atoms with E-state index in [-0.39, 0.29) is 26.4 Å². The Balaban J connectivity index is 1.91. The average Bonchev–Trinajstić information content (AvgIpc) is 2.72. The Kier molecular flexibility index (Phi) is 7.86. The largest absolute Gasteiger partial charge is 0.325 e. The van der Waals surface area contributed by atoms with Crippen molar-refractivity contribution in [3.8, 4) is 0 Å². The summed E-state index contributed by atoms with van der Waals surface area (Å²) >= 11 is 23.9. The van der Waals surface area contributed by atoms with Crippen LogP contribution in [0.4, 0.5) is 5.69 Å². The molecule has 0 aliphatic carbocycles. The Labute approximate surface area is 200 Å². The predicted molar refractivity (Wildman–Crippen MR) is 126 cm³/mol. The number of carbonyl (C=O) groups is 1. The van der Waals surface area contributed by atoms with E-state index in [1.807, 2.05) is 6.07 Å². The van der Waals surface area contributed by atoms with E-state index < -0.39 is 22.0 Å². The third-order valence-corrected chi connectivity index (χ3v) is 7.19. The van der Waals surface area contributed by atoms with Crippen molar-refractivity contribution in [3.63, 3.8) is 0 Å². The molecule has 0 saturated carbocycles. The zero-order chi connectivity index (χ0) is 22.6. The third kappa shape index (κ3) is 6.35. The van der Waals surface area contributed by atoms with Crippen LogP contribution in [0.1, 0.15) is 5.56 Å². The Morgan fingerprint density at radius 3 is 2.19 bits per heavy atom. The lowest BCUT2D eigenvalue weighted by Gasteiger charge is -2.19. The fourth-order valence-electron chi connectivity index (χ4n) is 2.77. The molecule has 162 valence electrons. The number of nitrogens with one attached hydrogen (secondary N) is 2. The molecular weight excluding hydrogens is 502 g/mol. The van der Waals surface area contributed by atoms with Gasteiger partial charge in [0.05, 0.1) is 15.1 Å². The van der Waals surface area contributed by atoms with E-state index in [4.69, 9.17) is 46.4 Å². The lowest BCUT2D eigenvalue weighted by atomic mass is 10.1. The minimum Gasteiger partial charge on any atom is -0.325 e. The number of benzene rings is 3. The molecule has 0 unspecified atom stereocenters. The minimum atomic E-state index is -4.16. The van der Waals surface area contributed by atoms with Crippen LogP contribution < -0.4 is 10.0 Å². The van der Waals surface area contributed by atoms with Crippen LogP contribution in [0.25, 0.3) is 0 Å². The van der Waals surface area contributed by atoms with Gasteiger partial charge in [-0.25, -0.2) is 8.42 Å². The van der Waals surface area contributed by atoms with Crippen LogP contribution >= 0.6 is 46.4 Å². The maximum absolute atomic E-state index is 13.0. The van der Waals surface area contributed by atoms with Crippen molar-refractivity contribution in [3.05, 3.63) is 92.4 Å². The summed E-state index contributed by atoms with van der Waals surface area (Å²) in [5.41, 5.74) is 1.13. The fraction of sp³-hybridized carbons (Fsp3) is 0.0952. The molecule has 0 saturated heterocycles. The zero-order valence-electron chi connectivity index (χ0n) is 15.8. The minimum absolute atomic E-state index is 0.0137. The van der Waals surface area contributed by atoms with E-state index in [0.717, 1.165) is 5.56 Å². The molecule has 0 aliphatic heterocycles. The number of amides is 1. The van der Waals surface area contributed by atoms with Gasteiger partial charge in [-0.3, -0.25) is 4.79 Å². The molecule has 3 rings (SSSR count). The maximum Gasteiger partial charge on any atom is 0.242 e. The molecule has 0 bridgehead atoms. The van der Waals surface area contributed by atoms with Gasteiger partial charge in [0.25, 0.3) is 0 Å². The highest BCUT2D eigenvalue weighted by atomic mass is 35.5. The number of carbonyl (C=O) groups excluding carboxylic acids is 1. The van der Waals surface area contributed by atoms with Crippen molar-refractivity contribution in [1.82, 2.24) is 4.72 Å². The third-order valence-electron chi connectivity index (χ3n) is 4.27. The predicted octanol–water partition coefficient (Wildman–Crippen LogP) is 5.83. The summed E-state index contributed by atoms with van der Waals surface area (Å²) < 4.78 is 28.4. The number of hydrogen-bond donors (Lipinski definition) is 2. The zero-order valence-corrected chi connectivity index (χ0v) is 19.6. The van der Waals surface area contributed by atoms with Gasteiger partial charge in [-0.1, -0.05) is 76.7 Å². The van der Waals surface area contributed by atoms with E-state index in [1.54, 1.807) is 30.3 Å². The summed E-state index contributed by atoms with van der Waals surface area (Å²) in [6.45, 7) is 0. The molecule has 3 aromatic rings. The first kappa shape index (κ1) is 23.9. The van der Waals surface area contributed by atoms with E-state index in [9.17, 15) is 13.2 Å². The van der Waals surface area contributed by atoms with Crippen LogP contribution in [0.2, 0.25) is 20.1 Å². The van der Waals surface area contributed by atoms with Crippen LogP contribution in [0.5, 0.6) is 0 Å². The number of rotatable bonds is 7. The van der Waals surface area contributed by atoms with Crippen LogP contribution in [0.3, 0.4) is 0 Å². The molecule has 5 nitrogen and oxygen atoms in total. The van der Waals surface area contributed by atoms with Crippen molar-refractivity contribution in [2.24, 2.45) is 0 Å². The van der Waals surface area contributed by atoms with Gasteiger partial charge in [-0.05, 0) is 48.4 Å². The molecule has 0 fully saturated rings. The van der Waals surface area contributed by atoms with Gasteiger partial charge in [0.1, 0.15) is 10.9 Å². The van der Waals surface area contributed by atoms with E-state index in [1.165, 1.54) is 30.3 Å². The lowest BCUT2D eigenvalue weighted by molar-refractivity contribution is -0.117. The molecule has 0 radical (unpaired) electrons. The normalized spacial score (nSPS) is 12.4. The summed E-state index contributed by atoms with van der Waals surface area (Å²) in [6, 6.07) is 16.5. The molecule has 1 amide bonds. The van der Waals surface area contributed by atoms with Crippen LogP contribution in [-0.4, -0.2) is 20.4 Å². The van der Waals surface area contributed by atoms with Crippen molar-refractivity contribution in [1.29, 1.82) is 0 Å². The van der Waals surface area contributed by atoms with Crippen molar-refractivity contribution >= 4 is 68.0 Å². The van der Waals surface area contributed by atoms with E-state index in [2.05, 4.69) is 10.0 Å². The van der Waals surface area contributed by atoms with Gasteiger partial charge in [0, 0.05) is 10.7 Å². The highest BCUT2D eigenvalue weighted by Gasteiger charge is 2.28. The first-order valence-electron chi connectivity index (χ1n) is 8.93. The molecular formula is C21H16Cl4N2O3S. The summed E-state index contributed by atoms with van der Waals surface area (Å²) in [6.07, 6.45) is 0.103. The second-order valence-electron chi connectivity index (χ2n) is 6.56. The van der Waals surface area contributed by atoms with Crippen LogP contribution in [0, 0.1) is 0 Å². The van der Waals surface area contributed by atoms with Gasteiger partial charge in [0.15, 0.2) is 0 Å². The summed E-state index contributed by atoms with van der Waals surface area (Å²) in [7, 11) is -4.16. The van der Waals surface area contributed by atoms with Crippen LogP contribution in [0.15, 0.2) is 71.6 Å². The maximum atomic E-state index is 13.0. The average molecular weight is 518 g/mol. The summed E-state index contributed by atoms with van der Waals surface area (Å²) in [5.74, 6) is -0.580. The van der Waals surface area contributed by atoms with E-state index in [0.29, 0.717) is 10.7 Å². The lowest BCUT2D eigenvalue weighted by Crippen LogP contribution is -2.45. The smallest absolute Gasteiger partial charge is 0.242 e. The molecule has 10 heteroatoms. The molecule has 2 N–H and O–H groups in total. The van der Waals surface area contributed by atoms with Crippen LogP contribution in [-0.2, 0) is 21.2 Å². The van der Waals surface area contributed by atoms with Crippen molar-refractivity contribution in [2.75, 3.05) is 5.32 Å². The molecule has 0 spiro atoms. The Bertz CT molecular complexity index is 1200. The Morgan fingerprint density at radius 2 is 1.52 bits per heavy atom. The molecule has 0 aliphatic rings. The highest BCUT2D eigenvalue weighted by molar-refractivity contribution is 7.89. The fourth-order valence-corrected chi connectivity index (χ4v) is 5.03. The standard InChI is InChI=1S/C21H16Cl4N2O3S/c22-14-6-8-17(24)20(11-14)31(29,30)27-19(10-13-4-2-1-3-5-13)21(28)26-15-7-9-16(23)18(25)12-15/h1-9,11-12,19,27H,10H2,(H,26,28)/t19-/m0/s1. The monoisotopic (exact) mass is 516 g/mol. The molecule has 3 aromatic carbocycles. The summed E-state index contributed by atoms with van der Waals surface area (Å²) in [4.78, 5) is 12.8. The number of sulfonamides is 1. The highest BCUT2D eigenvalue weighted by Crippen LogP contribution is 2.27. The summed E-state index contributed by atoms with van der Waals surface area (Å²) in [5, 5.41) is 3.43. The van der Waals surface area contributed by atoms with Gasteiger partial charge in [-0.2, -0.15) is 4.72 Å². The van der Waals surface area contributed by atoms with Crippen molar-refractivity contribution in [2.45, 2.75) is 17.4 Å². The van der Waals surface area contributed by atoms with Gasteiger partial charge >= 0.3 is 0 Å². The van der Waals surface area contributed by atoms with Gasteiger partial charge in [0.2, 0.25) is 15.9 Å². The number of halogens is 4. The van der Waals surface area contributed by atoms with E-state index >= 15 is 0 Å². The second kappa shape index (κ2) is 10.2. The molecule has 1 atom stereocenters. The van der Waals surface area contributed by atoms with Crippen molar-refractivity contribution < 1.29 is 13.2 Å². The Morgan fingerprint density at radius 1 is 0.839 bits per heavy atom. The van der Waals surface area contributed by atoms with Gasteiger partial charge < -0.3 is 5.32 Å². The molecule has 0 aromatic heterocycles. The quantitative estimate of drug-likeness (QED) is 0.414. The first-order chi connectivity index (χ1) is 14.7. The molecule has 31 heavy (non-hydrogen) atoms. The SMILES string of the molecule is O=C(Nc1ccc(Cl)c(Cl)c1)[C@H](Cc1ccccc1)NS(=O)(=O)c1cc(Cl)ccc1Cl. The second-order valence-corrected chi connectivity index (χ2v) is 9.90. The number of hydrogen-bond acceptors (Lipinski definition) is 3. The topological polar surface area (TPSA) is 75.3 Å². The molecule has 0 heterocycles. The Hall–Kier alpha value is -1.80. The number of anilines is 1. The first-order valence-corrected chi connectivity index (χ1v) is 11.9. The van der Waals surface area contributed by atoms with Gasteiger partial charge in [-0.15, -0.1) is 0 Å².